The molecule has 3 aliphatic rings. The molecule has 1 aromatic heterocycles. The van der Waals surface area contributed by atoms with Gasteiger partial charge in [-0.15, -0.1) is 0 Å². The van der Waals surface area contributed by atoms with E-state index in [1.165, 1.54) is 16.8 Å². The second-order valence-electron chi connectivity index (χ2n) is 11.0. The van der Waals surface area contributed by atoms with E-state index in [2.05, 4.69) is 82.2 Å². The van der Waals surface area contributed by atoms with Gasteiger partial charge in [0.2, 0.25) is 0 Å². The van der Waals surface area contributed by atoms with Crippen LogP contribution < -0.4 is 5.46 Å². The molecule has 1 fully saturated rings. The van der Waals surface area contributed by atoms with Gasteiger partial charge in [-0.05, 0) is 77.0 Å². The summed E-state index contributed by atoms with van der Waals surface area (Å²) in [5.74, 6) is 0.715. The molecule has 2 heterocycles. The van der Waals surface area contributed by atoms with Crippen LogP contribution in [0.15, 0.2) is 78.1 Å². The number of allylic oxidation sites excluding steroid dienone is 10. The maximum absolute atomic E-state index is 10.7. The van der Waals surface area contributed by atoms with E-state index in [4.69, 9.17) is 14.3 Å². The summed E-state index contributed by atoms with van der Waals surface area (Å²) < 4.78 is 15.1. The maximum atomic E-state index is 10.7. The number of aromatic nitrogens is 2. The molecule has 0 amide bonds. The smallest absolute Gasteiger partial charge is 0.497 e. The fourth-order valence-electron chi connectivity index (χ4n) is 5.28. The second-order valence-corrected chi connectivity index (χ2v) is 11.0. The number of nitrogens with zero attached hydrogens (tertiary/aromatic N) is 2. The van der Waals surface area contributed by atoms with Gasteiger partial charge in [0.05, 0.1) is 27.8 Å². The Morgan fingerprint density at radius 1 is 1.14 bits per heavy atom. The highest BCUT2D eigenvalue weighted by atomic mass is 16.7. The normalized spacial score (nSPS) is 21.2. The summed E-state index contributed by atoms with van der Waals surface area (Å²) in [7, 11) is -0.535. The number of benzene rings is 1. The van der Waals surface area contributed by atoms with Gasteiger partial charge >= 0.3 is 7.12 Å². The Bertz CT molecular complexity index is 1380. The summed E-state index contributed by atoms with van der Waals surface area (Å²) in [6, 6.07) is 6.18. The van der Waals surface area contributed by atoms with E-state index in [9.17, 15) is 5.11 Å². The molecule has 2 aliphatic carbocycles. The predicted molar refractivity (Wildman–Crippen MR) is 154 cm³/mol. The van der Waals surface area contributed by atoms with E-state index in [1.807, 2.05) is 18.2 Å². The molecular weight excluding hydrogens is 459 g/mol. The largest absolute Gasteiger partial charge is 0.508 e. The lowest BCUT2D eigenvalue weighted by molar-refractivity contribution is 0.00578. The Balaban J connectivity index is 1.79. The molecule has 5 nitrogen and oxygen atoms in total. The lowest BCUT2D eigenvalue weighted by atomic mass is 9.78. The van der Waals surface area contributed by atoms with Gasteiger partial charge < -0.3 is 14.4 Å². The van der Waals surface area contributed by atoms with Gasteiger partial charge in [-0.1, -0.05) is 62.1 Å². The number of aliphatic hydroxyl groups is 1. The van der Waals surface area contributed by atoms with Crippen LogP contribution in [0.4, 0.5) is 0 Å². The third kappa shape index (κ3) is 4.47. The van der Waals surface area contributed by atoms with Crippen LogP contribution in [0.3, 0.4) is 0 Å². The zero-order valence-electron chi connectivity index (χ0n) is 22.7. The van der Waals surface area contributed by atoms with Gasteiger partial charge in [-0.25, -0.2) is 4.98 Å². The molecule has 1 saturated heterocycles. The summed E-state index contributed by atoms with van der Waals surface area (Å²) in [6.45, 7) is 14.2. The molecule has 0 spiro atoms. The van der Waals surface area contributed by atoms with Crippen molar-refractivity contribution in [3.63, 3.8) is 0 Å². The quantitative estimate of drug-likeness (QED) is 0.265. The number of hydrogen-bond acceptors (Lipinski definition) is 4. The monoisotopic (exact) mass is 496 g/mol. The Morgan fingerprint density at radius 3 is 2.51 bits per heavy atom. The van der Waals surface area contributed by atoms with E-state index >= 15 is 0 Å². The van der Waals surface area contributed by atoms with Crippen molar-refractivity contribution in [1.29, 1.82) is 0 Å². The van der Waals surface area contributed by atoms with Crippen molar-refractivity contribution in [2.45, 2.75) is 77.9 Å². The molecule has 37 heavy (non-hydrogen) atoms. The average molecular weight is 496 g/mol. The lowest BCUT2D eigenvalue weighted by Crippen LogP contribution is -2.41. The highest BCUT2D eigenvalue weighted by Gasteiger charge is 2.52. The Hall–Kier alpha value is -3.09. The van der Waals surface area contributed by atoms with Crippen molar-refractivity contribution in [3.05, 3.63) is 84.0 Å². The van der Waals surface area contributed by atoms with Crippen LogP contribution in [0.25, 0.3) is 22.3 Å². The Kier molecular flexibility index (Phi) is 6.67. The standard InChI is InChI=1S/C31H37BN2O3/c1-7-14-23(21(2)35)29-33-28-25(32-36-30(3,4)31(5,6)37-32)18-13-20-27(28)34(29)26-19-12-11-17-24(26)22-15-9-8-10-16-22/h8-9,11,13-15,17-18,20,35H,2,7,10,12,16,19H2,1,3-6H3/b23-14+. The summed E-state index contributed by atoms with van der Waals surface area (Å²) in [4.78, 5) is 5.17. The van der Waals surface area contributed by atoms with Crippen molar-refractivity contribution in [1.82, 2.24) is 9.55 Å². The highest BCUT2D eigenvalue weighted by molar-refractivity contribution is 6.65. The zero-order chi connectivity index (χ0) is 26.4. The first-order chi connectivity index (χ1) is 17.6. The van der Waals surface area contributed by atoms with Gasteiger partial charge in [0.15, 0.2) is 0 Å². The first-order valence-electron chi connectivity index (χ1n) is 13.4. The number of imidazole rings is 1. The molecule has 0 atom stereocenters. The third-order valence-electron chi connectivity index (χ3n) is 7.96. The predicted octanol–water partition coefficient (Wildman–Crippen LogP) is 7.04. The summed E-state index contributed by atoms with van der Waals surface area (Å²) in [6.07, 6.45) is 17.7. The number of rotatable bonds is 6. The summed E-state index contributed by atoms with van der Waals surface area (Å²) >= 11 is 0. The highest BCUT2D eigenvalue weighted by Crippen LogP contribution is 2.39. The van der Waals surface area contributed by atoms with E-state index in [-0.39, 0.29) is 5.76 Å². The van der Waals surface area contributed by atoms with Gasteiger partial charge in [0, 0.05) is 11.2 Å². The van der Waals surface area contributed by atoms with Crippen molar-refractivity contribution in [2.75, 3.05) is 0 Å². The van der Waals surface area contributed by atoms with Crippen LogP contribution >= 0.6 is 0 Å². The minimum absolute atomic E-state index is 0.0175. The first-order valence-corrected chi connectivity index (χ1v) is 13.4. The number of aliphatic hydroxyl groups excluding tert-OH is 1. The molecule has 192 valence electrons. The van der Waals surface area contributed by atoms with E-state index in [0.717, 1.165) is 48.6 Å². The molecule has 0 saturated carbocycles. The molecule has 0 radical (unpaired) electrons. The molecule has 6 heteroatoms. The summed E-state index contributed by atoms with van der Waals surface area (Å²) in [5, 5.41) is 10.7. The molecule has 1 aromatic carbocycles. The molecule has 2 aromatic rings. The van der Waals surface area contributed by atoms with Crippen LogP contribution in [0.1, 0.15) is 72.5 Å². The van der Waals surface area contributed by atoms with Crippen LogP contribution in [0.5, 0.6) is 0 Å². The number of hydrogen-bond donors (Lipinski definition) is 1. The van der Waals surface area contributed by atoms with Crippen LogP contribution in [0.2, 0.25) is 0 Å². The molecular formula is C31H37BN2O3. The molecule has 0 bridgehead atoms. The molecule has 1 aliphatic heterocycles. The van der Waals surface area contributed by atoms with Crippen LogP contribution in [-0.2, 0) is 9.31 Å². The fraction of sp³-hybridized carbons (Fsp3) is 0.387. The van der Waals surface area contributed by atoms with E-state index < -0.39 is 18.3 Å². The van der Waals surface area contributed by atoms with E-state index in [0.29, 0.717) is 11.4 Å². The maximum Gasteiger partial charge on any atom is 0.497 e. The van der Waals surface area contributed by atoms with Gasteiger partial charge in [0.1, 0.15) is 11.6 Å². The van der Waals surface area contributed by atoms with Crippen molar-refractivity contribution < 1.29 is 14.4 Å². The molecule has 5 rings (SSSR count). The second kappa shape index (κ2) is 9.66. The van der Waals surface area contributed by atoms with Gasteiger partial charge in [-0.2, -0.15) is 0 Å². The third-order valence-corrected chi connectivity index (χ3v) is 7.96. The Morgan fingerprint density at radius 2 is 1.86 bits per heavy atom. The molecule has 0 unspecified atom stereocenters. The Labute approximate surface area is 220 Å². The zero-order valence-corrected chi connectivity index (χ0v) is 22.7. The van der Waals surface area contributed by atoms with E-state index in [1.54, 1.807) is 0 Å². The van der Waals surface area contributed by atoms with Crippen molar-refractivity contribution >= 4 is 34.9 Å². The van der Waals surface area contributed by atoms with Crippen LogP contribution in [-0.4, -0.2) is 33.0 Å². The first kappa shape index (κ1) is 25.6. The number of fused-ring (bicyclic) bond motifs is 1. The molecule has 1 N–H and O–H groups in total. The van der Waals surface area contributed by atoms with Gasteiger partial charge in [0.25, 0.3) is 0 Å². The number of para-hydroxylation sites is 1. The minimum Gasteiger partial charge on any atom is -0.508 e. The van der Waals surface area contributed by atoms with Gasteiger partial charge in [-0.3, -0.25) is 4.57 Å². The lowest BCUT2D eigenvalue weighted by Gasteiger charge is -2.32. The average Bonchev–Trinajstić information content (AvgIpc) is 3.35. The van der Waals surface area contributed by atoms with Crippen molar-refractivity contribution in [2.24, 2.45) is 0 Å². The fourth-order valence-corrected chi connectivity index (χ4v) is 5.28. The topological polar surface area (TPSA) is 56.5 Å². The minimum atomic E-state index is -0.535. The van der Waals surface area contributed by atoms with Crippen LogP contribution in [0, 0.1) is 0 Å². The summed E-state index contributed by atoms with van der Waals surface area (Å²) in [5.41, 5.74) is 6.17. The van der Waals surface area contributed by atoms with Crippen molar-refractivity contribution in [3.8, 4) is 0 Å². The SMILES string of the molecule is C=C(O)/C(=C\CC)c1nc2c(B3OC(C)(C)C(C)(C)O3)cccc2n1C1=C(C2=CC=CCC2)C=CCC1.